The molecule has 2 N–H and O–H groups in total. The number of benzene rings is 3. The molecular weight excluding hydrogens is 352 g/mol. The highest BCUT2D eigenvalue weighted by Crippen LogP contribution is 2.29. The maximum Gasteiger partial charge on any atom is 0.255 e. The first-order chi connectivity index (χ1) is 13.5. The minimum Gasteiger partial charge on any atom is -0.345 e. The van der Waals surface area contributed by atoms with Crippen LogP contribution < -0.4 is 5.48 Å². The number of nitrogens with one attached hydrogen (secondary N) is 1. The van der Waals surface area contributed by atoms with E-state index in [0.29, 0.717) is 5.56 Å². The van der Waals surface area contributed by atoms with Crippen molar-refractivity contribution in [3.05, 3.63) is 95.6 Å². The molecule has 142 valence electrons. The Balaban J connectivity index is 2.03. The second-order valence-corrected chi connectivity index (χ2v) is 6.73. The van der Waals surface area contributed by atoms with Crippen molar-refractivity contribution in [2.75, 3.05) is 14.1 Å². The normalized spacial score (nSPS) is 11.5. The van der Waals surface area contributed by atoms with Gasteiger partial charge in [0.15, 0.2) is 0 Å². The molecule has 0 spiro atoms. The fourth-order valence-corrected chi connectivity index (χ4v) is 3.19. The third-order valence-corrected chi connectivity index (χ3v) is 4.57. The third-order valence-electron chi connectivity index (χ3n) is 4.57. The number of hydroxylamine groups is 1. The average molecular weight is 374 g/mol. The first kappa shape index (κ1) is 19.3. The topological polar surface area (TPSA) is 69.6 Å². The number of nitrogens with zero attached hydrogens (tertiary/aromatic N) is 1. The van der Waals surface area contributed by atoms with Crippen LogP contribution in [-0.2, 0) is 4.79 Å². The monoisotopic (exact) mass is 374 g/mol. The third kappa shape index (κ3) is 4.10. The molecule has 0 aliphatic heterocycles. The SMILES string of the molecule is CN(C)C(=O)c1cccc(-c2cccc(C(C(=O)NO)c3ccccc3)c2)c1. The minimum absolute atomic E-state index is 0.0696. The second kappa shape index (κ2) is 8.50. The second-order valence-electron chi connectivity index (χ2n) is 6.73. The van der Waals surface area contributed by atoms with Gasteiger partial charge in [0, 0.05) is 19.7 Å². The summed E-state index contributed by atoms with van der Waals surface area (Å²) in [7, 11) is 3.43. The summed E-state index contributed by atoms with van der Waals surface area (Å²) in [5.74, 6) is -1.21. The zero-order valence-corrected chi connectivity index (χ0v) is 15.8. The number of hydrogen-bond acceptors (Lipinski definition) is 3. The lowest BCUT2D eigenvalue weighted by atomic mass is 9.88. The van der Waals surface area contributed by atoms with E-state index < -0.39 is 11.8 Å². The fourth-order valence-electron chi connectivity index (χ4n) is 3.19. The van der Waals surface area contributed by atoms with Gasteiger partial charge >= 0.3 is 0 Å². The van der Waals surface area contributed by atoms with Crippen LogP contribution in [0.3, 0.4) is 0 Å². The number of hydrogen-bond donors (Lipinski definition) is 2. The average Bonchev–Trinajstić information content (AvgIpc) is 2.74. The quantitative estimate of drug-likeness (QED) is 0.529. The molecule has 3 rings (SSSR count). The van der Waals surface area contributed by atoms with Crippen molar-refractivity contribution in [1.29, 1.82) is 0 Å². The zero-order valence-electron chi connectivity index (χ0n) is 15.8. The van der Waals surface area contributed by atoms with Gasteiger partial charge in [0.05, 0.1) is 5.92 Å². The number of carbonyl (C=O) groups is 2. The van der Waals surface area contributed by atoms with Crippen LogP contribution in [0.25, 0.3) is 11.1 Å². The molecular formula is C23H22N2O3. The first-order valence-corrected chi connectivity index (χ1v) is 8.92. The van der Waals surface area contributed by atoms with Gasteiger partial charge < -0.3 is 4.90 Å². The highest BCUT2D eigenvalue weighted by Gasteiger charge is 2.22. The lowest BCUT2D eigenvalue weighted by Crippen LogP contribution is -2.27. The molecule has 0 aromatic heterocycles. The van der Waals surface area contributed by atoms with Crippen molar-refractivity contribution in [3.8, 4) is 11.1 Å². The van der Waals surface area contributed by atoms with E-state index in [1.165, 1.54) is 4.90 Å². The molecule has 5 heteroatoms. The van der Waals surface area contributed by atoms with Gasteiger partial charge in [0.25, 0.3) is 11.8 Å². The van der Waals surface area contributed by atoms with Crippen molar-refractivity contribution in [2.45, 2.75) is 5.92 Å². The molecule has 0 aliphatic rings. The molecule has 2 amide bonds. The maximum absolute atomic E-state index is 12.4. The zero-order chi connectivity index (χ0) is 20.1. The molecule has 28 heavy (non-hydrogen) atoms. The Morgan fingerprint density at radius 1 is 0.821 bits per heavy atom. The predicted octanol–water partition coefficient (Wildman–Crippen LogP) is 3.69. The van der Waals surface area contributed by atoms with Gasteiger partial charge in [-0.05, 0) is 34.4 Å². The van der Waals surface area contributed by atoms with Gasteiger partial charge in [-0.2, -0.15) is 0 Å². The van der Waals surface area contributed by atoms with Gasteiger partial charge in [-0.25, -0.2) is 5.48 Å². The minimum atomic E-state index is -0.641. The smallest absolute Gasteiger partial charge is 0.255 e. The Bertz CT molecular complexity index is 984. The molecule has 0 aliphatic carbocycles. The fraction of sp³-hybridized carbons (Fsp3) is 0.130. The molecule has 5 nitrogen and oxygen atoms in total. The molecule has 0 bridgehead atoms. The van der Waals surface area contributed by atoms with Gasteiger partial charge in [-0.1, -0.05) is 66.7 Å². The lowest BCUT2D eigenvalue weighted by Gasteiger charge is -2.17. The van der Waals surface area contributed by atoms with Crippen LogP contribution in [0.2, 0.25) is 0 Å². The van der Waals surface area contributed by atoms with Crippen molar-refractivity contribution in [3.63, 3.8) is 0 Å². The van der Waals surface area contributed by atoms with Crippen LogP contribution in [0.15, 0.2) is 78.9 Å². The van der Waals surface area contributed by atoms with Gasteiger partial charge in [-0.3, -0.25) is 14.8 Å². The van der Waals surface area contributed by atoms with E-state index >= 15 is 0 Å². The molecule has 0 saturated carbocycles. The number of amides is 2. The Morgan fingerprint density at radius 3 is 2.07 bits per heavy atom. The summed E-state index contributed by atoms with van der Waals surface area (Å²) in [5, 5.41) is 9.22. The van der Waals surface area contributed by atoms with Crippen LogP contribution in [0, 0.1) is 0 Å². The van der Waals surface area contributed by atoms with E-state index in [2.05, 4.69) is 0 Å². The molecule has 0 fully saturated rings. The molecule has 3 aromatic rings. The summed E-state index contributed by atoms with van der Waals surface area (Å²) in [6.07, 6.45) is 0. The van der Waals surface area contributed by atoms with Crippen LogP contribution >= 0.6 is 0 Å². The molecule has 0 heterocycles. The largest absolute Gasteiger partial charge is 0.345 e. The Kier molecular flexibility index (Phi) is 5.87. The molecule has 3 aromatic carbocycles. The van der Waals surface area contributed by atoms with Crippen LogP contribution in [0.1, 0.15) is 27.4 Å². The Hall–Kier alpha value is -3.44. The van der Waals surface area contributed by atoms with Crippen molar-refractivity contribution >= 4 is 11.8 Å². The summed E-state index contributed by atoms with van der Waals surface area (Å²) in [5.41, 5.74) is 5.66. The van der Waals surface area contributed by atoms with Gasteiger partial charge in [0.2, 0.25) is 0 Å². The lowest BCUT2D eigenvalue weighted by molar-refractivity contribution is -0.129. The van der Waals surface area contributed by atoms with E-state index in [9.17, 15) is 14.8 Å². The predicted molar refractivity (Wildman–Crippen MR) is 108 cm³/mol. The van der Waals surface area contributed by atoms with E-state index in [0.717, 1.165) is 22.3 Å². The Morgan fingerprint density at radius 2 is 1.43 bits per heavy atom. The highest BCUT2D eigenvalue weighted by molar-refractivity contribution is 5.95. The number of carbonyl (C=O) groups excluding carboxylic acids is 2. The first-order valence-electron chi connectivity index (χ1n) is 8.92. The molecule has 0 radical (unpaired) electrons. The van der Waals surface area contributed by atoms with Gasteiger partial charge in [0.1, 0.15) is 0 Å². The van der Waals surface area contributed by atoms with E-state index in [4.69, 9.17) is 0 Å². The Labute approximate surface area is 164 Å². The van der Waals surface area contributed by atoms with Crippen molar-refractivity contribution in [2.24, 2.45) is 0 Å². The summed E-state index contributed by atoms with van der Waals surface area (Å²) in [6.45, 7) is 0. The molecule has 0 saturated heterocycles. The number of rotatable bonds is 5. The van der Waals surface area contributed by atoms with Crippen LogP contribution in [0.5, 0.6) is 0 Å². The van der Waals surface area contributed by atoms with E-state index in [1.54, 1.807) is 25.6 Å². The summed E-state index contributed by atoms with van der Waals surface area (Å²) >= 11 is 0. The standard InChI is InChI=1S/C23H22N2O3/c1-25(2)23(27)20-13-7-11-18(15-20)17-10-6-12-19(14-17)21(22(26)24-28)16-8-4-3-5-9-16/h3-15,21,28H,1-2H3,(H,24,26). The highest BCUT2D eigenvalue weighted by atomic mass is 16.5. The molecule has 1 unspecified atom stereocenters. The van der Waals surface area contributed by atoms with Crippen LogP contribution in [-0.4, -0.2) is 36.0 Å². The summed E-state index contributed by atoms with van der Waals surface area (Å²) in [6, 6.07) is 24.2. The molecule has 1 atom stereocenters. The van der Waals surface area contributed by atoms with Crippen molar-refractivity contribution in [1.82, 2.24) is 10.4 Å². The van der Waals surface area contributed by atoms with E-state index in [1.807, 2.05) is 72.8 Å². The van der Waals surface area contributed by atoms with Gasteiger partial charge in [-0.15, -0.1) is 0 Å². The summed E-state index contributed by atoms with van der Waals surface area (Å²) < 4.78 is 0. The van der Waals surface area contributed by atoms with E-state index in [-0.39, 0.29) is 5.91 Å². The summed E-state index contributed by atoms with van der Waals surface area (Å²) in [4.78, 5) is 26.2. The van der Waals surface area contributed by atoms with Crippen LogP contribution in [0.4, 0.5) is 0 Å². The maximum atomic E-state index is 12.4. The van der Waals surface area contributed by atoms with Crippen molar-refractivity contribution < 1.29 is 14.8 Å².